The van der Waals surface area contributed by atoms with Crippen molar-refractivity contribution in [3.63, 3.8) is 0 Å². The van der Waals surface area contributed by atoms with Gasteiger partial charge >= 0.3 is 0 Å². The summed E-state index contributed by atoms with van der Waals surface area (Å²) in [7, 11) is 0. The molecule has 0 aliphatic heterocycles. The minimum atomic E-state index is 0.376. The molecule has 1 atom stereocenters. The third-order valence-corrected chi connectivity index (χ3v) is 2.40. The molecule has 0 aromatic heterocycles. The van der Waals surface area contributed by atoms with Crippen LogP contribution in [-0.4, -0.2) is 0 Å². The minimum absolute atomic E-state index is 0.376. The molecule has 0 aliphatic carbocycles. The van der Waals surface area contributed by atoms with Gasteiger partial charge < -0.3 is 0 Å². The first-order valence-corrected chi connectivity index (χ1v) is 4.80. The Bertz CT molecular complexity index is 256. The third-order valence-electron chi connectivity index (χ3n) is 1.67. The zero-order valence-electron chi connectivity index (χ0n) is 6.57. The summed E-state index contributed by atoms with van der Waals surface area (Å²) in [6, 6.07) is 5.95. The summed E-state index contributed by atoms with van der Waals surface area (Å²) in [4.78, 5) is 0.376. The van der Waals surface area contributed by atoms with Crippen LogP contribution < -0.4 is 0 Å². The maximum atomic E-state index is 5.84. The predicted molar refractivity (Wildman–Crippen MR) is 53.5 cm³/mol. The van der Waals surface area contributed by atoms with Gasteiger partial charge in [0.15, 0.2) is 0 Å². The van der Waals surface area contributed by atoms with Crippen molar-refractivity contribution in [1.29, 1.82) is 0 Å². The van der Waals surface area contributed by atoms with Gasteiger partial charge in [-0.05, 0) is 37.1 Å². The van der Waals surface area contributed by atoms with Crippen molar-refractivity contribution >= 4 is 27.5 Å². The van der Waals surface area contributed by atoms with Gasteiger partial charge in [0.05, 0.1) is 0 Å². The number of halogens is 2. The molecule has 11 heavy (non-hydrogen) atoms. The smallest absolute Gasteiger partial charge is 0.0409 e. The van der Waals surface area contributed by atoms with Crippen molar-refractivity contribution in [3.8, 4) is 0 Å². The standard InChI is InChI=1S/C9H10BrCl/c1-6-3-4-8(11)5-9(6)7(2)10/h3-5,7H,1-2H3. The van der Waals surface area contributed by atoms with E-state index >= 15 is 0 Å². The molecule has 0 radical (unpaired) electrons. The quantitative estimate of drug-likeness (QED) is 0.641. The molecule has 0 fully saturated rings. The summed E-state index contributed by atoms with van der Waals surface area (Å²) in [6.45, 7) is 4.18. The van der Waals surface area contributed by atoms with E-state index in [4.69, 9.17) is 11.6 Å². The van der Waals surface area contributed by atoms with Crippen LogP contribution in [0.3, 0.4) is 0 Å². The van der Waals surface area contributed by atoms with Gasteiger partial charge in [-0.2, -0.15) is 0 Å². The number of alkyl halides is 1. The van der Waals surface area contributed by atoms with E-state index in [2.05, 4.69) is 29.8 Å². The van der Waals surface area contributed by atoms with E-state index in [0.717, 1.165) is 5.02 Å². The van der Waals surface area contributed by atoms with Crippen LogP contribution in [0.15, 0.2) is 18.2 Å². The largest absolute Gasteiger partial charge is 0.0843 e. The highest BCUT2D eigenvalue weighted by molar-refractivity contribution is 9.09. The fourth-order valence-electron chi connectivity index (χ4n) is 1.04. The van der Waals surface area contributed by atoms with Gasteiger partial charge in [0, 0.05) is 9.85 Å². The molecule has 1 rings (SSSR count). The Labute approximate surface area is 80.7 Å². The minimum Gasteiger partial charge on any atom is -0.0843 e. The van der Waals surface area contributed by atoms with Crippen LogP contribution in [0.25, 0.3) is 0 Å². The average molecular weight is 234 g/mol. The fraction of sp³-hybridized carbons (Fsp3) is 0.333. The van der Waals surface area contributed by atoms with Gasteiger partial charge in [-0.15, -0.1) is 0 Å². The molecule has 0 spiro atoms. The Balaban J connectivity index is 3.13. The lowest BCUT2D eigenvalue weighted by atomic mass is 10.1. The predicted octanol–water partition coefficient (Wildman–Crippen LogP) is 4.10. The maximum Gasteiger partial charge on any atom is 0.0409 e. The molecule has 0 aliphatic rings. The van der Waals surface area contributed by atoms with Crippen LogP contribution in [0.1, 0.15) is 22.9 Å². The maximum absolute atomic E-state index is 5.84. The van der Waals surface area contributed by atoms with Crippen LogP contribution >= 0.6 is 27.5 Å². The SMILES string of the molecule is Cc1ccc(Cl)cc1C(C)Br. The zero-order valence-corrected chi connectivity index (χ0v) is 8.91. The Morgan fingerprint density at radius 3 is 2.55 bits per heavy atom. The second-order valence-electron chi connectivity index (χ2n) is 2.62. The number of aryl methyl sites for hydroxylation is 1. The van der Waals surface area contributed by atoms with Crippen molar-refractivity contribution in [2.45, 2.75) is 18.7 Å². The molecular weight excluding hydrogens is 223 g/mol. The van der Waals surface area contributed by atoms with Crippen LogP contribution in [0.5, 0.6) is 0 Å². The van der Waals surface area contributed by atoms with E-state index in [-0.39, 0.29) is 0 Å². The third kappa shape index (κ3) is 2.21. The summed E-state index contributed by atoms with van der Waals surface area (Å²) >= 11 is 9.35. The van der Waals surface area contributed by atoms with E-state index < -0.39 is 0 Å². The summed E-state index contributed by atoms with van der Waals surface area (Å²) < 4.78 is 0. The van der Waals surface area contributed by atoms with Crippen LogP contribution in [0, 0.1) is 6.92 Å². The Hall–Kier alpha value is -0.0100. The van der Waals surface area contributed by atoms with E-state index in [1.165, 1.54) is 11.1 Å². The highest BCUT2D eigenvalue weighted by Crippen LogP contribution is 2.27. The number of hydrogen-bond acceptors (Lipinski definition) is 0. The summed E-state index contributed by atoms with van der Waals surface area (Å²) in [5.41, 5.74) is 2.54. The van der Waals surface area contributed by atoms with Gasteiger partial charge in [-0.25, -0.2) is 0 Å². The molecule has 1 aromatic carbocycles. The van der Waals surface area contributed by atoms with Crippen molar-refractivity contribution in [3.05, 3.63) is 34.3 Å². The number of rotatable bonds is 1. The van der Waals surface area contributed by atoms with Crippen molar-refractivity contribution < 1.29 is 0 Å². The monoisotopic (exact) mass is 232 g/mol. The van der Waals surface area contributed by atoms with Gasteiger partial charge in [-0.3, -0.25) is 0 Å². The van der Waals surface area contributed by atoms with Gasteiger partial charge in [0.25, 0.3) is 0 Å². The molecule has 0 saturated heterocycles. The second-order valence-corrected chi connectivity index (χ2v) is 4.43. The van der Waals surface area contributed by atoms with Gasteiger partial charge in [-0.1, -0.05) is 33.6 Å². The molecule has 0 saturated carbocycles. The Morgan fingerprint density at radius 2 is 2.09 bits per heavy atom. The normalized spacial score (nSPS) is 13.1. The van der Waals surface area contributed by atoms with E-state index in [1.807, 2.05) is 18.2 Å². The molecule has 0 heterocycles. The van der Waals surface area contributed by atoms with Crippen LogP contribution in [-0.2, 0) is 0 Å². The number of hydrogen-bond donors (Lipinski definition) is 0. The molecule has 1 unspecified atom stereocenters. The van der Waals surface area contributed by atoms with E-state index in [0.29, 0.717) is 4.83 Å². The molecular formula is C9H10BrCl. The first-order chi connectivity index (χ1) is 5.11. The fourth-order valence-corrected chi connectivity index (χ4v) is 1.71. The van der Waals surface area contributed by atoms with E-state index in [1.54, 1.807) is 0 Å². The molecule has 1 aromatic rings. The summed E-state index contributed by atoms with van der Waals surface area (Å²) in [5, 5.41) is 0.803. The first kappa shape index (κ1) is 9.08. The van der Waals surface area contributed by atoms with Crippen molar-refractivity contribution in [2.24, 2.45) is 0 Å². The molecule has 0 bridgehead atoms. The highest BCUT2D eigenvalue weighted by atomic mass is 79.9. The Morgan fingerprint density at radius 1 is 1.45 bits per heavy atom. The lowest BCUT2D eigenvalue weighted by Gasteiger charge is -2.07. The zero-order chi connectivity index (χ0) is 8.43. The molecule has 0 nitrogen and oxygen atoms in total. The second kappa shape index (κ2) is 3.59. The molecule has 2 heteroatoms. The average Bonchev–Trinajstić information content (AvgIpc) is 1.94. The molecule has 0 N–H and O–H groups in total. The lowest BCUT2D eigenvalue weighted by Crippen LogP contribution is -1.87. The first-order valence-electron chi connectivity index (χ1n) is 3.51. The van der Waals surface area contributed by atoms with Gasteiger partial charge in [0.1, 0.15) is 0 Å². The molecule has 0 amide bonds. The van der Waals surface area contributed by atoms with Gasteiger partial charge in [0.2, 0.25) is 0 Å². The molecule has 60 valence electrons. The number of benzene rings is 1. The van der Waals surface area contributed by atoms with Crippen molar-refractivity contribution in [2.75, 3.05) is 0 Å². The van der Waals surface area contributed by atoms with E-state index in [9.17, 15) is 0 Å². The summed E-state index contributed by atoms with van der Waals surface area (Å²) in [5.74, 6) is 0. The van der Waals surface area contributed by atoms with Crippen LogP contribution in [0.2, 0.25) is 5.02 Å². The summed E-state index contributed by atoms with van der Waals surface area (Å²) in [6.07, 6.45) is 0. The topological polar surface area (TPSA) is 0 Å². The van der Waals surface area contributed by atoms with Crippen LogP contribution in [0.4, 0.5) is 0 Å². The lowest BCUT2D eigenvalue weighted by molar-refractivity contribution is 1.10. The highest BCUT2D eigenvalue weighted by Gasteiger charge is 2.04. The Kier molecular flexibility index (Phi) is 2.97. The van der Waals surface area contributed by atoms with Crippen molar-refractivity contribution in [1.82, 2.24) is 0 Å².